The zero-order chi connectivity index (χ0) is 10.6. The summed E-state index contributed by atoms with van der Waals surface area (Å²) >= 11 is 0. The van der Waals surface area contributed by atoms with Crippen LogP contribution in [0.1, 0.15) is 6.92 Å². The molecular weight excluding hydrogens is 186 g/mol. The van der Waals surface area contributed by atoms with E-state index in [1.165, 1.54) is 12.3 Å². The van der Waals surface area contributed by atoms with E-state index in [4.69, 9.17) is 5.11 Å². The van der Waals surface area contributed by atoms with Crippen molar-refractivity contribution < 1.29 is 10.0 Å². The van der Waals surface area contributed by atoms with E-state index in [9.17, 15) is 10.1 Å². The minimum absolute atomic E-state index is 0.187. The van der Waals surface area contributed by atoms with Crippen LogP contribution in [0, 0.1) is 10.1 Å². The lowest BCUT2D eigenvalue weighted by Crippen LogP contribution is -2.15. The summed E-state index contributed by atoms with van der Waals surface area (Å²) in [5.74, 6) is -0.187. The van der Waals surface area contributed by atoms with Crippen molar-refractivity contribution in [3.8, 4) is 0 Å². The van der Waals surface area contributed by atoms with Crippen molar-refractivity contribution in [2.75, 3.05) is 11.9 Å². The quantitative estimate of drug-likeness (QED) is 0.550. The van der Waals surface area contributed by atoms with Gasteiger partial charge in [0.05, 0.1) is 11.8 Å². The second-order valence-electron chi connectivity index (χ2n) is 2.89. The Bertz CT molecular complexity index is 310. The molecule has 0 aliphatic rings. The highest BCUT2D eigenvalue weighted by Gasteiger charge is 2.05. The summed E-state index contributed by atoms with van der Waals surface area (Å²) in [6.45, 7) is 2.03. The maximum absolute atomic E-state index is 10.3. The van der Waals surface area contributed by atoms with E-state index in [1.54, 1.807) is 13.0 Å². The van der Waals surface area contributed by atoms with Gasteiger partial charge in [-0.2, -0.15) is 0 Å². The Morgan fingerprint density at radius 1 is 1.71 bits per heavy atom. The van der Waals surface area contributed by atoms with Gasteiger partial charge in [0.15, 0.2) is 6.20 Å². The number of nitrogens with zero attached hydrogens (tertiary/aromatic N) is 2. The lowest BCUT2D eigenvalue weighted by Gasteiger charge is -2.05. The Morgan fingerprint density at radius 2 is 2.43 bits per heavy atom. The molecule has 0 aromatic carbocycles. The third-order valence-corrected chi connectivity index (χ3v) is 1.54. The maximum Gasteiger partial charge on any atom is 0.363 e. The standard InChI is InChI=1S/C8H11N3O3/c1-6(12)4-9-7-2-3-8(10-5-7)11(13)14/h2-3,5-6,9,12H,4H2,1H3. The fourth-order valence-corrected chi connectivity index (χ4v) is 0.864. The molecule has 1 heterocycles. The number of aromatic nitrogens is 1. The Kier molecular flexibility index (Phi) is 3.35. The van der Waals surface area contributed by atoms with Crippen LogP contribution in [-0.2, 0) is 0 Å². The first-order valence-electron chi connectivity index (χ1n) is 4.12. The van der Waals surface area contributed by atoms with Crippen molar-refractivity contribution in [2.45, 2.75) is 13.0 Å². The van der Waals surface area contributed by atoms with E-state index in [-0.39, 0.29) is 5.82 Å². The number of anilines is 1. The average Bonchev–Trinajstić information content (AvgIpc) is 2.15. The first-order valence-corrected chi connectivity index (χ1v) is 4.12. The van der Waals surface area contributed by atoms with Crippen LogP contribution in [0.4, 0.5) is 11.5 Å². The number of aliphatic hydroxyl groups excluding tert-OH is 1. The molecule has 0 spiro atoms. The van der Waals surface area contributed by atoms with E-state index in [0.29, 0.717) is 12.2 Å². The highest BCUT2D eigenvalue weighted by atomic mass is 16.6. The number of aliphatic hydroxyl groups is 1. The molecule has 14 heavy (non-hydrogen) atoms. The van der Waals surface area contributed by atoms with Gasteiger partial charge in [-0.15, -0.1) is 0 Å². The largest absolute Gasteiger partial charge is 0.392 e. The molecule has 0 aliphatic heterocycles. The van der Waals surface area contributed by atoms with Crippen LogP contribution in [-0.4, -0.2) is 27.7 Å². The van der Waals surface area contributed by atoms with Gasteiger partial charge in [0.1, 0.15) is 0 Å². The normalized spacial score (nSPS) is 12.1. The molecule has 0 fully saturated rings. The summed E-state index contributed by atoms with van der Waals surface area (Å²) in [7, 11) is 0. The first-order chi connectivity index (χ1) is 6.59. The van der Waals surface area contributed by atoms with Gasteiger partial charge >= 0.3 is 5.82 Å². The molecule has 6 nitrogen and oxygen atoms in total. The van der Waals surface area contributed by atoms with E-state index in [2.05, 4.69) is 10.3 Å². The Labute approximate surface area is 80.7 Å². The second kappa shape index (κ2) is 4.52. The Hall–Kier alpha value is -1.69. The van der Waals surface area contributed by atoms with Crippen molar-refractivity contribution >= 4 is 11.5 Å². The van der Waals surface area contributed by atoms with Crippen LogP contribution in [0.25, 0.3) is 0 Å². The molecule has 0 saturated heterocycles. The Morgan fingerprint density at radius 3 is 2.86 bits per heavy atom. The number of hydrogen-bond donors (Lipinski definition) is 2. The van der Waals surface area contributed by atoms with Crippen molar-refractivity contribution in [3.63, 3.8) is 0 Å². The molecule has 1 rings (SSSR count). The Balaban J connectivity index is 2.60. The fraction of sp³-hybridized carbons (Fsp3) is 0.375. The van der Waals surface area contributed by atoms with E-state index in [0.717, 1.165) is 0 Å². The number of pyridine rings is 1. The molecule has 0 saturated carbocycles. The molecule has 0 bridgehead atoms. The lowest BCUT2D eigenvalue weighted by molar-refractivity contribution is -0.389. The molecular formula is C8H11N3O3. The monoisotopic (exact) mass is 197 g/mol. The van der Waals surface area contributed by atoms with Gasteiger partial charge in [-0.25, -0.2) is 0 Å². The van der Waals surface area contributed by atoms with Crippen molar-refractivity contribution in [1.82, 2.24) is 4.98 Å². The third kappa shape index (κ3) is 2.98. The summed E-state index contributed by atoms with van der Waals surface area (Å²) < 4.78 is 0. The minimum atomic E-state index is -0.557. The van der Waals surface area contributed by atoms with Gasteiger partial charge in [-0.05, 0) is 22.9 Å². The van der Waals surface area contributed by atoms with Crippen molar-refractivity contribution in [3.05, 3.63) is 28.4 Å². The fourth-order valence-electron chi connectivity index (χ4n) is 0.864. The molecule has 76 valence electrons. The SMILES string of the molecule is CC(O)CNc1ccc([N+](=O)[O-])nc1. The number of rotatable bonds is 4. The van der Waals surface area contributed by atoms with Gasteiger partial charge in [-0.3, -0.25) is 0 Å². The first kappa shape index (κ1) is 10.4. The molecule has 0 radical (unpaired) electrons. The maximum atomic E-state index is 10.3. The molecule has 2 N–H and O–H groups in total. The molecule has 1 unspecified atom stereocenters. The number of hydrogen-bond acceptors (Lipinski definition) is 5. The van der Waals surface area contributed by atoms with Gasteiger partial charge in [0.25, 0.3) is 0 Å². The van der Waals surface area contributed by atoms with Crippen molar-refractivity contribution in [2.24, 2.45) is 0 Å². The van der Waals surface area contributed by atoms with Crippen LogP contribution in [0.3, 0.4) is 0 Å². The highest BCUT2D eigenvalue weighted by Crippen LogP contribution is 2.10. The zero-order valence-corrected chi connectivity index (χ0v) is 7.67. The summed E-state index contributed by atoms with van der Waals surface area (Å²) in [6, 6.07) is 2.86. The van der Waals surface area contributed by atoms with E-state index < -0.39 is 11.0 Å². The zero-order valence-electron chi connectivity index (χ0n) is 7.67. The van der Waals surface area contributed by atoms with Crippen LogP contribution in [0.2, 0.25) is 0 Å². The summed E-state index contributed by atoms with van der Waals surface area (Å²) in [6.07, 6.45) is 0.894. The molecule has 0 amide bonds. The summed E-state index contributed by atoms with van der Waals surface area (Å²) in [4.78, 5) is 13.3. The molecule has 1 atom stereocenters. The number of nitro groups is 1. The van der Waals surface area contributed by atoms with Gasteiger partial charge in [-0.1, -0.05) is 0 Å². The van der Waals surface area contributed by atoms with Crippen LogP contribution in [0.5, 0.6) is 0 Å². The summed E-state index contributed by atoms with van der Waals surface area (Å²) in [5, 5.41) is 22.1. The van der Waals surface area contributed by atoms with Crippen molar-refractivity contribution in [1.29, 1.82) is 0 Å². The van der Waals surface area contributed by atoms with Gasteiger partial charge in [0.2, 0.25) is 0 Å². The van der Waals surface area contributed by atoms with Gasteiger partial charge in [0, 0.05) is 12.6 Å². The number of nitrogens with one attached hydrogen (secondary N) is 1. The molecule has 1 aromatic rings. The lowest BCUT2D eigenvalue weighted by atomic mass is 10.3. The smallest absolute Gasteiger partial charge is 0.363 e. The van der Waals surface area contributed by atoms with Crippen LogP contribution >= 0.6 is 0 Å². The van der Waals surface area contributed by atoms with E-state index >= 15 is 0 Å². The topological polar surface area (TPSA) is 88.3 Å². The van der Waals surface area contributed by atoms with E-state index in [1.807, 2.05) is 0 Å². The highest BCUT2D eigenvalue weighted by molar-refractivity contribution is 5.43. The minimum Gasteiger partial charge on any atom is -0.392 e. The van der Waals surface area contributed by atoms with Gasteiger partial charge < -0.3 is 20.5 Å². The predicted molar refractivity (Wildman–Crippen MR) is 51.1 cm³/mol. The van der Waals surface area contributed by atoms with Crippen LogP contribution < -0.4 is 5.32 Å². The predicted octanol–water partition coefficient (Wildman–Crippen LogP) is 0.782. The summed E-state index contributed by atoms with van der Waals surface area (Å²) in [5.41, 5.74) is 0.650. The van der Waals surface area contributed by atoms with Crippen LogP contribution in [0.15, 0.2) is 18.3 Å². The third-order valence-electron chi connectivity index (χ3n) is 1.54. The molecule has 1 aromatic heterocycles. The molecule has 6 heteroatoms. The second-order valence-corrected chi connectivity index (χ2v) is 2.89. The molecule has 0 aliphatic carbocycles. The average molecular weight is 197 g/mol.